The van der Waals surface area contributed by atoms with Crippen LogP contribution in [-0.2, 0) is 4.74 Å². The number of esters is 1. The van der Waals surface area contributed by atoms with Crippen molar-refractivity contribution < 1.29 is 14.1 Å². The van der Waals surface area contributed by atoms with Gasteiger partial charge in [-0.25, -0.2) is 4.79 Å². The van der Waals surface area contributed by atoms with Gasteiger partial charge in [0.05, 0.1) is 6.61 Å². The Morgan fingerprint density at radius 1 is 1.91 bits per heavy atom. The predicted octanol–water partition coefficient (Wildman–Crippen LogP) is 1.61. The van der Waals surface area contributed by atoms with Crippen LogP contribution in [-0.4, -0.2) is 17.7 Å². The molecule has 0 amide bonds. The van der Waals surface area contributed by atoms with E-state index in [9.17, 15) is 4.79 Å². The van der Waals surface area contributed by atoms with Crippen molar-refractivity contribution in [3.05, 3.63) is 16.4 Å². The van der Waals surface area contributed by atoms with Gasteiger partial charge in [0.25, 0.3) is 0 Å². The summed E-state index contributed by atoms with van der Waals surface area (Å²) >= 11 is 3.04. The largest absolute Gasteiger partial charge is 0.460 e. The lowest BCUT2D eigenvalue weighted by atomic mass is 10.5. The topological polar surface area (TPSA) is 52.3 Å². The normalized spacial score (nSPS) is 9.64. The fourth-order valence-electron chi connectivity index (χ4n) is 0.552. The number of aromatic nitrogens is 1. The first kappa shape index (κ1) is 8.26. The average molecular weight is 220 g/mol. The van der Waals surface area contributed by atoms with Crippen molar-refractivity contribution in [3.63, 3.8) is 0 Å². The van der Waals surface area contributed by atoms with Gasteiger partial charge < -0.3 is 9.26 Å². The van der Waals surface area contributed by atoms with E-state index in [0.29, 0.717) is 11.2 Å². The maximum absolute atomic E-state index is 10.9. The number of ether oxygens (including phenoxy) is 1. The standard InChI is InChI=1S/C6H6BrNO3/c1-2-10-6(9)4-3-5(7)8-11-4/h3H,2H2,1H3. The summed E-state index contributed by atoms with van der Waals surface area (Å²) in [5.74, 6) is -0.385. The zero-order chi connectivity index (χ0) is 8.27. The Morgan fingerprint density at radius 2 is 2.64 bits per heavy atom. The second kappa shape index (κ2) is 3.52. The van der Waals surface area contributed by atoms with Crippen molar-refractivity contribution in [1.29, 1.82) is 0 Å². The highest BCUT2D eigenvalue weighted by Gasteiger charge is 2.11. The molecule has 0 saturated heterocycles. The quantitative estimate of drug-likeness (QED) is 0.710. The molecule has 1 rings (SSSR count). The van der Waals surface area contributed by atoms with E-state index in [-0.39, 0.29) is 5.76 Å². The minimum absolute atomic E-state index is 0.110. The van der Waals surface area contributed by atoms with Crippen molar-refractivity contribution >= 4 is 21.9 Å². The van der Waals surface area contributed by atoms with Gasteiger partial charge in [-0.3, -0.25) is 0 Å². The van der Waals surface area contributed by atoms with Crippen molar-refractivity contribution in [1.82, 2.24) is 5.16 Å². The van der Waals surface area contributed by atoms with Crippen molar-refractivity contribution in [2.24, 2.45) is 0 Å². The lowest BCUT2D eigenvalue weighted by molar-refractivity contribution is 0.0479. The molecule has 0 fully saturated rings. The van der Waals surface area contributed by atoms with Gasteiger partial charge in [0.1, 0.15) is 4.60 Å². The van der Waals surface area contributed by atoms with Gasteiger partial charge in [0.15, 0.2) is 0 Å². The number of halogens is 1. The second-order valence-electron chi connectivity index (χ2n) is 1.73. The molecule has 1 heterocycles. The Balaban J connectivity index is 2.69. The van der Waals surface area contributed by atoms with Crippen LogP contribution in [0, 0.1) is 0 Å². The summed E-state index contributed by atoms with van der Waals surface area (Å²) < 4.78 is 9.74. The van der Waals surface area contributed by atoms with Crippen LogP contribution in [0.4, 0.5) is 0 Å². The molecular formula is C6H6BrNO3. The Hall–Kier alpha value is -0.840. The van der Waals surface area contributed by atoms with Crippen LogP contribution in [0.15, 0.2) is 15.2 Å². The maximum atomic E-state index is 10.9. The number of carbonyl (C=O) groups is 1. The van der Waals surface area contributed by atoms with Crippen LogP contribution in [0.3, 0.4) is 0 Å². The summed E-state index contributed by atoms with van der Waals surface area (Å²) in [5.41, 5.74) is 0. The molecule has 0 unspecified atom stereocenters. The number of rotatable bonds is 2. The lowest BCUT2D eigenvalue weighted by Crippen LogP contribution is -2.02. The van der Waals surface area contributed by atoms with Crippen LogP contribution in [0.25, 0.3) is 0 Å². The van der Waals surface area contributed by atoms with Crippen LogP contribution in [0.1, 0.15) is 17.5 Å². The highest BCUT2D eigenvalue weighted by atomic mass is 79.9. The van der Waals surface area contributed by atoms with Gasteiger partial charge in [0.2, 0.25) is 5.76 Å². The van der Waals surface area contributed by atoms with Crippen LogP contribution in [0.5, 0.6) is 0 Å². The first-order chi connectivity index (χ1) is 5.24. The zero-order valence-corrected chi connectivity index (χ0v) is 7.42. The van der Waals surface area contributed by atoms with Gasteiger partial charge in [0, 0.05) is 6.07 Å². The number of hydrogen-bond acceptors (Lipinski definition) is 4. The number of nitrogens with zero attached hydrogens (tertiary/aromatic N) is 1. The monoisotopic (exact) mass is 219 g/mol. The molecule has 0 spiro atoms. The fourth-order valence-corrected chi connectivity index (χ4v) is 0.832. The van der Waals surface area contributed by atoms with E-state index in [4.69, 9.17) is 0 Å². The lowest BCUT2D eigenvalue weighted by Gasteiger charge is -1.93. The first-order valence-electron chi connectivity index (χ1n) is 3.03. The van der Waals surface area contributed by atoms with Crippen LogP contribution < -0.4 is 0 Å². The fraction of sp³-hybridized carbons (Fsp3) is 0.333. The molecule has 5 heteroatoms. The van der Waals surface area contributed by atoms with Crippen LogP contribution >= 0.6 is 15.9 Å². The zero-order valence-electron chi connectivity index (χ0n) is 5.83. The molecule has 1 aromatic heterocycles. The molecule has 4 nitrogen and oxygen atoms in total. The SMILES string of the molecule is CCOC(=O)c1cc(Br)no1. The molecular weight excluding hydrogens is 214 g/mol. The minimum atomic E-state index is -0.495. The van der Waals surface area contributed by atoms with E-state index in [2.05, 4.69) is 30.3 Å². The summed E-state index contributed by atoms with van der Waals surface area (Å²) in [6, 6.07) is 1.46. The average Bonchev–Trinajstić information content (AvgIpc) is 2.36. The summed E-state index contributed by atoms with van der Waals surface area (Å²) in [5, 5.41) is 3.46. The second-order valence-corrected chi connectivity index (χ2v) is 2.55. The molecule has 0 atom stereocenters. The predicted molar refractivity (Wildman–Crippen MR) is 40.2 cm³/mol. The minimum Gasteiger partial charge on any atom is -0.460 e. The van der Waals surface area contributed by atoms with Gasteiger partial charge in [-0.1, -0.05) is 5.16 Å². The van der Waals surface area contributed by atoms with E-state index in [0.717, 1.165) is 0 Å². The molecule has 1 aromatic rings. The molecule has 0 saturated carbocycles. The molecule has 0 radical (unpaired) electrons. The number of carbonyl (C=O) groups excluding carboxylic acids is 1. The molecule has 0 N–H and O–H groups in total. The van der Waals surface area contributed by atoms with Gasteiger partial charge in [-0.2, -0.15) is 0 Å². The molecule has 11 heavy (non-hydrogen) atoms. The van der Waals surface area contributed by atoms with Gasteiger partial charge in [-0.15, -0.1) is 0 Å². The van der Waals surface area contributed by atoms with Gasteiger partial charge in [-0.05, 0) is 22.9 Å². The molecule has 0 aromatic carbocycles. The summed E-state index contributed by atoms with van der Waals surface area (Å²) in [6.45, 7) is 2.06. The Morgan fingerprint density at radius 3 is 3.09 bits per heavy atom. The molecule has 0 aliphatic rings. The Bertz CT molecular complexity index is 258. The van der Waals surface area contributed by atoms with E-state index in [1.165, 1.54) is 6.07 Å². The highest BCUT2D eigenvalue weighted by molar-refractivity contribution is 9.10. The summed E-state index contributed by atoms with van der Waals surface area (Å²) in [6.07, 6.45) is 0. The third-order valence-corrected chi connectivity index (χ3v) is 1.33. The molecule has 0 aliphatic carbocycles. The smallest absolute Gasteiger partial charge is 0.377 e. The third-order valence-electron chi connectivity index (χ3n) is 0.958. The van der Waals surface area contributed by atoms with Crippen molar-refractivity contribution in [2.75, 3.05) is 6.61 Å². The highest BCUT2D eigenvalue weighted by Crippen LogP contribution is 2.10. The third kappa shape index (κ3) is 2.04. The van der Waals surface area contributed by atoms with Crippen molar-refractivity contribution in [2.45, 2.75) is 6.92 Å². The van der Waals surface area contributed by atoms with E-state index >= 15 is 0 Å². The number of hydrogen-bond donors (Lipinski definition) is 0. The maximum Gasteiger partial charge on any atom is 0.377 e. The molecule has 0 bridgehead atoms. The molecule has 0 aliphatic heterocycles. The van der Waals surface area contributed by atoms with E-state index in [1.807, 2.05) is 0 Å². The van der Waals surface area contributed by atoms with E-state index in [1.54, 1.807) is 6.92 Å². The van der Waals surface area contributed by atoms with Crippen molar-refractivity contribution in [3.8, 4) is 0 Å². The van der Waals surface area contributed by atoms with E-state index < -0.39 is 5.97 Å². The first-order valence-corrected chi connectivity index (χ1v) is 3.82. The molecule has 60 valence electrons. The summed E-state index contributed by atoms with van der Waals surface area (Å²) in [4.78, 5) is 10.9. The Kier molecular flexibility index (Phi) is 2.64. The van der Waals surface area contributed by atoms with Gasteiger partial charge >= 0.3 is 5.97 Å². The van der Waals surface area contributed by atoms with Crippen LogP contribution in [0.2, 0.25) is 0 Å². The Labute approximate surface area is 71.6 Å². The summed E-state index contributed by atoms with van der Waals surface area (Å²) in [7, 11) is 0.